The predicted octanol–water partition coefficient (Wildman–Crippen LogP) is 1.05. The molecule has 0 saturated heterocycles. The van der Waals surface area contributed by atoms with E-state index in [9.17, 15) is 9.18 Å². The Balaban J connectivity index is 2.56. The summed E-state index contributed by atoms with van der Waals surface area (Å²) in [6, 6.07) is 3.95. The van der Waals surface area contributed by atoms with Crippen LogP contribution in [0.5, 0.6) is 5.75 Å². The van der Waals surface area contributed by atoms with E-state index < -0.39 is 11.9 Å². The first-order valence-corrected chi connectivity index (χ1v) is 5.01. The molecule has 0 bridgehead atoms. The number of ether oxygens (including phenoxy) is 2. The Bertz CT molecular complexity index is 384. The van der Waals surface area contributed by atoms with E-state index in [-0.39, 0.29) is 19.8 Å². The molecule has 17 heavy (non-hydrogen) atoms. The maximum atomic E-state index is 13.0. The zero-order chi connectivity index (χ0) is 12.7. The number of aliphatic hydroxyl groups is 1. The quantitative estimate of drug-likeness (QED) is 0.811. The highest BCUT2D eigenvalue weighted by Crippen LogP contribution is 2.19. The van der Waals surface area contributed by atoms with Crippen LogP contribution < -0.4 is 10.1 Å². The number of nitrogens with one attached hydrogen (secondary N) is 1. The van der Waals surface area contributed by atoms with Crippen LogP contribution in [0.2, 0.25) is 0 Å². The van der Waals surface area contributed by atoms with Gasteiger partial charge in [0.15, 0.2) is 0 Å². The molecule has 6 heteroatoms. The third-order valence-corrected chi connectivity index (χ3v) is 1.98. The fourth-order valence-electron chi connectivity index (χ4n) is 1.21. The van der Waals surface area contributed by atoms with Crippen LogP contribution in [0.25, 0.3) is 0 Å². The molecule has 0 unspecified atom stereocenters. The molecule has 0 atom stereocenters. The normalized spacial score (nSPS) is 9.82. The Labute approximate surface area is 98.2 Å². The number of carbonyl (C=O) groups is 1. The molecule has 1 aromatic carbocycles. The number of carbonyl (C=O) groups excluding carboxylic acids is 1. The predicted molar refractivity (Wildman–Crippen MR) is 58.2 cm³/mol. The summed E-state index contributed by atoms with van der Waals surface area (Å²) in [6.07, 6.45) is -0.676. The number of rotatable bonds is 5. The largest absolute Gasteiger partial charge is 0.496 e. The first-order chi connectivity index (χ1) is 8.17. The van der Waals surface area contributed by atoms with Crippen molar-refractivity contribution in [2.75, 3.05) is 20.3 Å². The van der Waals surface area contributed by atoms with Gasteiger partial charge in [0.25, 0.3) is 0 Å². The van der Waals surface area contributed by atoms with E-state index in [1.54, 1.807) is 0 Å². The third kappa shape index (κ3) is 4.28. The third-order valence-electron chi connectivity index (χ3n) is 1.98. The number of halogens is 1. The molecule has 0 spiro atoms. The average Bonchev–Trinajstić information content (AvgIpc) is 2.34. The van der Waals surface area contributed by atoms with Gasteiger partial charge < -0.3 is 19.9 Å². The van der Waals surface area contributed by atoms with Crippen LogP contribution in [0.15, 0.2) is 18.2 Å². The average molecular weight is 243 g/mol. The van der Waals surface area contributed by atoms with Crippen LogP contribution in [0.4, 0.5) is 9.18 Å². The Morgan fingerprint density at radius 2 is 2.29 bits per heavy atom. The van der Waals surface area contributed by atoms with E-state index >= 15 is 0 Å². The van der Waals surface area contributed by atoms with Crippen molar-refractivity contribution in [1.82, 2.24) is 5.32 Å². The molecule has 1 amide bonds. The second-order valence-electron chi connectivity index (χ2n) is 3.18. The summed E-state index contributed by atoms with van der Waals surface area (Å²) < 4.78 is 22.8. The fraction of sp³-hybridized carbons (Fsp3) is 0.364. The van der Waals surface area contributed by atoms with Crippen molar-refractivity contribution in [2.45, 2.75) is 6.61 Å². The lowest BCUT2D eigenvalue weighted by Gasteiger charge is -2.09. The van der Waals surface area contributed by atoms with Gasteiger partial charge in [-0.1, -0.05) is 0 Å². The smallest absolute Gasteiger partial charge is 0.407 e. The first kappa shape index (κ1) is 13.2. The Kier molecular flexibility index (Phi) is 5.22. The van der Waals surface area contributed by atoms with E-state index in [1.807, 2.05) is 0 Å². The molecule has 0 aliphatic rings. The van der Waals surface area contributed by atoms with Gasteiger partial charge in [0.2, 0.25) is 0 Å². The Morgan fingerprint density at radius 1 is 1.53 bits per heavy atom. The molecule has 5 nitrogen and oxygen atoms in total. The van der Waals surface area contributed by atoms with Gasteiger partial charge in [-0.25, -0.2) is 9.18 Å². The summed E-state index contributed by atoms with van der Waals surface area (Å²) in [6.45, 7) is -0.157. The number of benzene rings is 1. The monoisotopic (exact) mass is 243 g/mol. The van der Waals surface area contributed by atoms with Gasteiger partial charge in [0, 0.05) is 12.1 Å². The van der Waals surface area contributed by atoms with E-state index in [0.29, 0.717) is 11.3 Å². The number of amides is 1. The fourth-order valence-corrected chi connectivity index (χ4v) is 1.21. The number of hydrogen-bond acceptors (Lipinski definition) is 4. The van der Waals surface area contributed by atoms with Crippen molar-refractivity contribution in [1.29, 1.82) is 0 Å². The minimum absolute atomic E-state index is 0.0990. The summed E-state index contributed by atoms with van der Waals surface area (Å²) >= 11 is 0. The highest BCUT2D eigenvalue weighted by molar-refractivity contribution is 5.67. The Morgan fingerprint density at radius 3 is 2.94 bits per heavy atom. The van der Waals surface area contributed by atoms with Crippen LogP contribution in [0.3, 0.4) is 0 Å². The van der Waals surface area contributed by atoms with Crippen LogP contribution >= 0.6 is 0 Å². The van der Waals surface area contributed by atoms with Crippen molar-refractivity contribution in [2.24, 2.45) is 0 Å². The highest BCUT2D eigenvalue weighted by Gasteiger charge is 2.07. The SMILES string of the molecule is COc1ccc(F)cc1COC(=O)NCCO. The molecular formula is C11H14FNO4. The highest BCUT2D eigenvalue weighted by atomic mass is 19.1. The molecule has 0 radical (unpaired) electrons. The zero-order valence-corrected chi connectivity index (χ0v) is 9.40. The lowest BCUT2D eigenvalue weighted by atomic mass is 10.2. The van der Waals surface area contributed by atoms with Gasteiger partial charge in [0.1, 0.15) is 18.2 Å². The van der Waals surface area contributed by atoms with E-state index in [4.69, 9.17) is 14.6 Å². The van der Waals surface area contributed by atoms with E-state index in [1.165, 1.54) is 25.3 Å². The van der Waals surface area contributed by atoms with Gasteiger partial charge in [-0.3, -0.25) is 0 Å². The molecule has 0 heterocycles. The summed E-state index contributed by atoms with van der Waals surface area (Å²) in [5.41, 5.74) is 0.437. The molecule has 1 rings (SSSR count). The number of hydrogen-bond donors (Lipinski definition) is 2. The second kappa shape index (κ2) is 6.70. The van der Waals surface area contributed by atoms with Crippen molar-refractivity contribution in [3.8, 4) is 5.75 Å². The topological polar surface area (TPSA) is 67.8 Å². The standard InChI is InChI=1S/C11H14FNO4/c1-16-10-3-2-9(12)6-8(10)7-17-11(15)13-4-5-14/h2-3,6,14H,4-5,7H2,1H3,(H,13,15). The maximum Gasteiger partial charge on any atom is 0.407 e. The van der Waals surface area contributed by atoms with Gasteiger partial charge in [-0.2, -0.15) is 0 Å². The minimum atomic E-state index is -0.676. The molecule has 94 valence electrons. The molecule has 0 aliphatic carbocycles. The van der Waals surface area contributed by atoms with Crippen molar-refractivity contribution < 1.29 is 23.8 Å². The van der Waals surface area contributed by atoms with E-state index in [2.05, 4.69) is 5.32 Å². The lowest BCUT2D eigenvalue weighted by Crippen LogP contribution is -2.27. The van der Waals surface area contributed by atoms with Crippen LogP contribution in [0, 0.1) is 5.82 Å². The van der Waals surface area contributed by atoms with Gasteiger partial charge in [-0.05, 0) is 18.2 Å². The van der Waals surface area contributed by atoms with Crippen LogP contribution in [-0.4, -0.2) is 31.5 Å². The summed E-state index contributed by atoms with van der Waals surface area (Å²) in [5.74, 6) is 0.0153. The molecule has 0 aromatic heterocycles. The first-order valence-electron chi connectivity index (χ1n) is 5.01. The summed E-state index contributed by atoms with van der Waals surface area (Å²) in [7, 11) is 1.45. The molecule has 2 N–H and O–H groups in total. The number of alkyl carbamates (subject to hydrolysis) is 1. The molecule has 1 aromatic rings. The van der Waals surface area contributed by atoms with Crippen molar-refractivity contribution in [3.63, 3.8) is 0 Å². The second-order valence-corrected chi connectivity index (χ2v) is 3.18. The number of methoxy groups -OCH3 is 1. The Hall–Kier alpha value is -1.82. The maximum absolute atomic E-state index is 13.0. The van der Waals surface area contributed by atoms with Crippen LogP contribution in [0.1, 0.15) is 5.56 Å². The van der Waals surface area contributed by atoms with Crippen molar-refractivity contribution >= 4 is 6.09 Å². The molecule has 0 saturated carbocycles. The molecule has 0 aliphatic heterocycles. The van der Waals surface area contributed by atoms with Crippen molar-refractivity contribution in [3.05, 3.63) is 29.6 Å². The minimum Gasteiger partial charge on any atom is -0.496 e. The summed E-state index contributed by atoms with van der Waals surface area (Å²) in [4.78, 5) is 11.1. The number of aliphatic hydroxyl groups excluding tert-OH is 1. The molecule has 0 fully saturated rings. The van der Waals surface area contributed by atoms with Crippen LogP contribution in [-0.2, 0) is 11.3 Å². The zero-order valence-electron chi connectivity index (χ0n) is 9.40. The van der Waals surface area contributed by atoms with Gasteiger partial charge >= 0.3 is 6.09 Å². The molecular weight excluding hydrogens is 229 g/mol. The van der Waals surface area contributed by atoms with Gasteiger partial charge in [-0.15, -0.1) is 0 Å². The summed E-state index contributed by atoms with van der Waals surface area (Å²) in [5, 5.41) is 10.8. The van der Waals surface area contributed by atoms with Gasteiger partial charge in [0.05, 0.1) is 13.7 Å². The van der Waals surface area contributed by atoms with E-state index in [0.717, 1.165) is 0 Å². The lowest BCUT2D eigenvalue weighted by molar-refractivity contribution is 0.136.